The van der Waals surface area contributed by atoms with Crippen molar-refractivity contribution in [3.63, 3.8) is 0 Å². The van der Waals surface area contributed by atoms with E-state index in [4.69, 9.17) is 10.2 Å². The standard InChI is InChI=1S/C25H22BrN5/c1-15-21(14-27)25(31(28-15)19-5-3-2-4-6-19)23-22-16-7-8-17(13-16)24(22)30(29-23)20-11-9-18(26)10-12-20/h2-6,9-12,16-17,22,24H,7-8,13H2,1H3. The van der Waals surface area contributed by atoms with Crippen molar-refractivity contribution in [2.75, 3.05) is 5.01 Å². The van der Waals surface area contributed by atoms with Crippen molar-refractivity contribution in [1.82, 2.24) is 9.78 Å². The Hall–Kier alpha value is -2.91. The van der Waals surface area contributed by atoms with Gasteiger partial charge in [0.25, 0.3) is 0 Å². The monoisotopic (exact) mass is 471 g/mol. The third-order valence-corrected chi connectivity index (χ3v) is 7.72. The first kappa shape index (κ1) is 18.8. The largest absolute Gasteiger partial charge is 0.261 e. The van der Waals surface area contributed by atoms with Crippen LogP contribution in [0.5, 0.6) is 0 Å². The molecular formula is C25H22BrN5. The number of para-hydroxylation sites is 1. The van der Waals surface area contributed by atoms with Crippen LogP contribution in [0.4, 0.5) is 5.69 Å². The maximum absolute atomic E-state index is 10.0. The molecule has 31 heavy (non-hydrogen) atoms. The molecule has 2 aliphatic carbocycles. The number of nitrogens with zero attached hydrogens (tertiary/aromatic N) is 5. The molecular weight excluding hydrogens is 450 g/mol. The van der Waals surface area contributed by atoms with Crippen LogP contribution in [0.25, 0.3) is 5.69 Å². The summed E-state index contributed by atoms with van der Waals surface area (Å²) in [5.41, 5.74) is 5.37. The van der Waals surface area contributed by atoms with Crippen LogP contribution in [-0.2, 0) is 0 Å². The fraction of sp³-hybridized carbons (Fsp3) is 0.320. The molecule has 0 radical (unpaired) electrons. The van der Waals surface area contributed by atoms with Crippen molar-refractivity contribution < 1.29 is 0 Å². The summed E-state index contributed by atoms with van der Waals surface area (Å²) in [5, 5.41) is 22.2. The highest BCUT2D eigenvalue weighted by atomic mass is 79.9. The van der Waals surface area contributed by atoms with Crippen molar-refractivity contribution in [2.45, 2.75) is 32.2 Å². The molecule has 6 rings (SSSR count). The Morgan fingerprint density at radius 2 is 1.74 bits per heavy atom. The van der Waals surface area contributed by atoms with Gasteiger partial charge in [-0.15, -0.1) is 0 Å². The Bertz CT molecular complexity index is 1220. The minimum absolute atomic E-state index is 0.341. The number of hydrazone groups is 1. The number of aromatic nitrogens is 2. The molecule has 1 aromatic heterocycles. The van der Waals surface area contributed by atoms with Crippen molar-refractivity contribution in [2.24, 2.45) is 22.9 Å². The zero-order valence-corrected chi connectivity index (χ0v) is 18.8. The topological polar surface area (TPSA) is 57.2 Å². The molecule has 0 saturated heterocycles. The number of halogens is 1. The highest BCUT2D eigenvalue weighted by Crippen LogP contribution is 2.55. The molecule has 2 aromatic carbocycles. The number of hydrogen-bond donors (Lipinski definition) is 0. The van der Waals surface area contributed by atoms with E-state index in [1.54, 1.807) is 0 Å². The summed E-state index contributed by atoms with van der Waals surface area (Å²) in [5.74, 6) is 1.62. The van der Waals surface area contributed by atoms with E-state index in [1.165, 1.54) is 19.3 Å². The smallest absolute Gasteiger partial charge is 0.109 e. The minimum Gasteiger partial charge on any atom is -0.261 e. The molecule has 4 atom stereocenters. The van der Waals surface area contributed by atoms with Crippen LogP contribution in [0, 0.1) is 36.0 Å². The Labute approximate surface area is 190 Å². The van der Waals surface area contributed by atoms with Gasteiger partial charge in [-0.05, 0) is 74.4 Å². The maximum Gasteiger partial charge on any atom is 0.109 e. The zero-order chi connectivity index (χ0) is 21.1. The molecule has 1 aliphatic heterocycles. The number of benzene rings is 2. The van der Waals surface area contributed by atoms with Crippen molar-refractivity contribution in [3.05, 3.63) is 76.0 Å². The fourth-order valence-corrected chi connectivity index (χ4v) is 6.19. The van der Waals surface area contributed by atoms with Crippen LogP contribution in [-0.4, -0.2) is 21.5 Å². The number of aryl methyl sites for hydroxylation is 1. The lowest BCUT2D eigenvalue weighted by Gasteiger charge is -2.31. The molecule has 2 heterocycles. The van der Waals surface area contributed by atoms with Gasteiger partial charge >= 0.3 is 0 Å². The summed E-state index contributed by atoms with van der Waals surface area (Å²) in [6.45, 7) is 1.92. The lowest BCUT2D eigenvalue weighted by molar-refractivity contribution is 0.363. The molecule has 4 unspecified atom stereocenters. The first-order valence-corrected chi connectivity index (χ1v) is 11.6. The van der Waals surface area contributed by atoms with E-state index < -0.39 is 0 Å². The third-order valence-electron chi connectivity index (χ3n) is 7.19. The third kappa shape index (κ3) is 2.80. The van der Waals surface area contributed by atoms with Crippen LogP contribution >= 0.6 is 15.9 Å². The number of fused-ring (bicyclic) bond motifs is 5. The molecule has 3 aromatic rings. The lowest BCUT2D eigenvalue weighted by atomic mass is 9.80. The molecule has 2 fully saturated rings. The van der Waals surface area contributed by atoms with E-state index in [9.17, 15) is 5.26 Å². The van der Waals surface area contributed by atoms with Gasteiger partial charge < -0.3 is 0 Å². The van der Waals surface area contributed by atoms with Gasteiger partial charge in [0.1, 0.15) is 17.3 Å². The second-order valence-electron chi connectivity index (χ2n) is 8.82. The van der Waals surface area contributed by atoms with E-state index in [0.717, 1.165) is 32.9 Å². The highest BCUT2D eigenvalue weighted by molar-refractivity contribution is 9.10. The van der Waals surface area contributed by atoms with Crippen LogP contribution in [0.1, 0.15) is 36.2 Å². The Morgan fingerprint density at radius 1 is 1.00 bits per heavy atom. The number of anilines is 1. The number of hydrogen-bond acceptors (Lipinski definition) is 4. The Kier molecular flexibility index (Phi) is 4.29. The van der Waals surface area contributed by atoms with Gasteiger partial charge in [-0.3, -0.25) is 5.01 Å². The molecule has 3 aliphatic rings. The van der Waals surface area contributed by atoms with Gasteiger partial charge in [-0.1, -0.05) is 34.1 Å². The van der Waals surface area contributed by atoms with E-state index in [0.29, 0.717) is 29.4 Å². The molecule has 0 amide bonds. The van der Waals surface area contributed by atoms with Crippen LogP contribution in [0.2, 0.25) is 0 Å². The second kappa shape index (κ2) is 7.06. The first-order chi connectivity index (χ1) is 15.2. The van der Waals surface area contributed by atoms with Crippen LogP contribution in [0.15, 0.2) is 64.2 Å². The Morgan fingerprint density at radius 3 is 2.48 bits per heavy atom. The molecule has 2 bridgehead atoms. The molecule has 2 saturated carbocycles. The lowest BCUT2D eigenvalue weighted by Crippen LogP contribution is -2.38. The minimum atomic E-state index is 0.341. The average Bonchev–Trinajstić information content (AvgIpc) is 3.55. The molecule has 5 nitrogen and oxygen atoms in total. The van der Waals surface area contributed by atoms with Crippen molar-refractivity contribution >= 4 is 27.3 Å². The zero-order valence-electron chi connectivity index (χ0n) is 17.2. The summed E-state index contributed by atoms with van der Waals surface area (Å²) in [7, 11) is 0. The highest BCUT2D eigenvalue weighted by Gasteiger charge is 2.56. The summed E-state index contributed by atoms with van der Waals surface area (Å²) in [4.78, 5) is 0. The Balaban J connectivity index is 1.55. The van der Waals surface area contributed by atoms with Crippen LogP contribution < -0.4 is 5.01 Å². The first-order valence-electron chi connectivity index (χ1n) is 10.8. The fourth-order valence-electron chi connectivity index (χ4n) is 5.93. The SMILES string of the molecule is Cc1nn(-c2ccccc2)c(C2=NN(c3ccc(Br)cc3)C3C4CCC(C4)C23)c1C#N. The van der Waals surface area contributed by atoms with E-state index in [-0.39, 0.29) is 0 Å². The van der Waals surface area contributed by atoms with Gasteiger partial charge in [-0.25, -0.2) is 4.68 Å². The number of rotatable bonds is 3. The summed E-state index contributed by atoms with van der Waals surface area (Å²) in [6.07, 6.45) is 3.77. The quantitative estimate of drug-likeness (QED) is 0.509. The average molecular weight is 472 g/mol. The van der Waals surface area contributed by atoms with E-state index >= 15 is 0 Å². The molecule has 154 valence electrons. The molecule has 0 spiro atoms. The number of nitriles is 1. The molecule has 6 heteroatoms. The van der Waals surface area contributed by atoms with Gasteiger partial charge in [0.05, 0.1) is 28.8 Å². The normalized spacial score (nSPS) is 26.1. The summed E-state index contributed by atoms with van der Waals surface area (Å²) < 4.78 is 3.00. The molecule has 0 N–H and O–H groups in total. The predicted octanol–water partition coefficient (Wildman–Crippen LogP) is 5.45. The predicted molar refractivity (Wildman–Crippen MR) is 124 cm³/mol. The second-order valence-corrected chi connectivity index (χ2v) is 9.74. The van der Waals surface area contributed by atoms with Gasteiger partial charge in [0.15, 0.2) is 0 Å². The van der Waals surface area contributed by atoms with Gasteiger partial charge in [0.2, 0.25) is 0 Å². The van der Waals surface area contributed by atoms with Gasteiger partial charge in [-0.2, -0.15) is 15.5 Å². The van der Waals surface area contributed by atoms with E-state index in [1.807, 2.05) is 41.9 Å². The maximum atomic E-state index is 10.0. The van der Waals surface area contributed by atoms with E-state index in [2.05, 4.69) is 51.3 Å². The summed E-state index contributed by atoms with van der Waals surface area (Å²) >= 11 is 3.55. The van der Waals surface area contributed by atoms with Crippen molar-refractivity contribution in [3.8, 4) is 11.8 Å². The van der Waals surface area contributed by atoms with Crippen molar-refractivity contribution in [1.29, 1.82) is 5.26 Å². The summed E-state index contributed by atoms with van der Waals surface area (Å²) in [6, 6.07) is 21.3. The van der Waals surface area contributed by atoms with Crippen LogP contribution in [0.3, 0.4) is 0 Å². The van der Waals surface area contributed by atoms with Gasteiger partial charge in [0, 0.05) is 10.4 Å².